The lowest BCUT2D eigenvalue weighted by atomic mass is 9.87. The van der Waals surface area contributed by atoms with E-state index in [1.54, 1.807) is 11.3 Å². The number of aryl methyl sites for hydroxylation is 2. The number of nitrogens with two attached hydrogens (primary N) is 1. The summed E-state index contributed by atoms with van der Waals surface area (Å²) >= 11 is 1.71. The summed E-state index contributed by atoms with van der Waals surface area (Å²) < 4.78 is 0. The quantitative estimate of drug-likeness (QED) is 0.562. The van der Waals surface area contributed by atoms with Crippen LogP contribution in [0.4, 0.5) is 0 Å². The Kier molecular flexibility index (Phi) is 7.45. The Balaban J connectivity index is 1.65. The molecular formula is C24H35N5S. The molecule has 6 heteroatoms. The third-order valence-corrected chi connectivity index (χ3v) is 6.39. The van der Waals surface area contributed by atoms with Crippen molar-refractivity contribution in [2.24, 2.45) is 16.1 Å². The predicted octanol–water partition coefficient (Wildman–Crippen LogP) is 3.83. The van der Waals surface area contributed by atoms with Crippen LogP contribution in [-0.2, 0) is 12.8 Å². The van der Waals surface area contributed by atoms with Crippen molar-refractivity contribution in [2.45, 2.75) is 53.5 Å². The molecule has 0 aliphatic carbocycles. The SMILES string of the molecule is Cc1cc(Cc2nc(C3=CNC(C(C)(C)C)C=N3)cs2)c(C)cc1CCNCCN. The van der Waals surface area contributed by atoms with Crippen molar-refractivity contribution < 1.29 is 0 Å². The second kappa shape index (κ2) is 9.86. The van der Waals surface area contributed by atoms with E-state index in [-0.39, 0.29) is 11.5 Å². The van der Waals surface area contributed by atoms with Gasteiger partial charge >= 0.3 is 0 Å². The van der Waals surface area contributed by atoms with Crippen molar-refractivity contribution in [3.8, 4) is 0 Å². The van der Waals surface area contributed by atoms with Gasteiger partial charge in [-0.15, -0.1) is 11.3 Å². The fourth-order valence-corrected chi connectivity index (χ4v) is 4.35. The summed E-state index contributed by atoms with van der Waals surface area (Å²) in [7, 11) is 0. The van der Waals surface area contributed by atoms with Crippen molar-refractivity contribution in [2.75, 3.05) is 19.6 Å². The van der Waals surface area contributed by atoms with Crippen LogP contribution < -0.4 is 16.4 Å². The summed E-state index contributed by atoms with van der Waals surface area (Å²) in [6.07, 6.45) is 5.89. The number of hydrogen-bond donors (Lipinski definition) is 3. The minimum atomic E-state index is 0.140. The Morgan fingerprint density at radius 3 is 2.53 bits per heavy atom. The van der Waals surface area contributed by atoms with Crippen LogP contribution in [0, 0.1) is 19.3 Å². The largest absolute Gasteiger partial charge is 0.381 e. The number of thiazole rings is 1. The summed E-state index contributed by atoms with van der Waals surface area (Å²) in [6, 6.07) is 4.89. The van der Waals surface area contributed by atoms with Crippen LogP contribution in [0.3, 0.4) is 0 Å². The maximum absolute atomic E-state index is 5.55. The van der Waals surface area contributed by atoms with Crippen molar-refractivity contribution >= 4 is 23.2 Å². The van der Waals surface area contributed by atoms with Gasteiger partial charge in [-0.3, -0.25) is 4.99 Å². The van der Waals surface area contributed by atoms with Crippen LogP contribution in [0.15, 0.2) is 28.7 Å². The van der Waals surface area contributed by atoms with Crippen LogP contribution in [-0.4, -0.2) is 36.9 Å². The Hall–Kier alpha value is -2.02. The molecule has 0 saturated carbocycles. The molecule has 162 valence electrons. The van der Waals surface area contributed by atoms with E-state index in [0.717, 1.165) is 42.3 Å². The third kappa shape index (κ3) is 5.78. The number of nitrogens with zero attached hydrogens (tertiary/aromatic N) is 2. The van der Waals surface area contributed by atoms with Crippen LogP contribution in [0.5, 0.6) is 0 Å². The zero-order valence-corrected chi connectivity index (χ0v) is 19.7. The zero-order chi connectivity index (χ0) is 21.7. The predicted molar refractivity (Wildman–Crippen MR) is 129 cm³/mol. The summed E-state index contributed by atoms with van der Waals surface area (Å²) in [5.41, 5.74) is 13.0. The highest BCUT2D eigenvalue weighted by Crippen LogP contribution is 2.26. The van der Waals surface area contributed by atoms with Gasteiger partial charge in [0.15, 0.2) is 0 Å². The molecule has 0 fully saturated rings. The van der Waals surface area contributed by atoms with Crippen molar-refractivity contribution in [3.05, 3.63) is 56.7 Å². The first-order valence-corrected chi connectivity index (χ1v) is 11.6. The molecule has 1 atom stereocenters. The minimum absolute atomic E-state index is 0.140. The molecule has 1 aliphatic rings. The van der Waals surface area contributed by atoms with Gasteiger partial charge in [-0.25, -0.2) is 4.98 Å². The Labute approximate surface area is 184 Å². The normalized spacial score (nSPS) is 16.5. The first kappa shape index (κ1) is 22.7. The summed E-state index contributed by atoms with van der Waals surface area (Å²) in [6.45, 7) is 13.6. The smallest absolute Gasteiger partial charge is 0.105 e. The van der Waals surface area contributed by atoms with Crippen LogP contribution in [0.1, 0.15) is 53.7 Å². The van der Waals surface area contributed by atoms with E-state index in [1.807, 2.05) is 12.4 Å². The maximum atomic E-state index is 5.55. The van der Waals surface area contributed by atoms with E-state index in [9.17, 15) is 0 Å². The highest BCUT2D eigenvalue weighted by atomic mass is 32.1. The average molecular weight is 426 g/mol. The first-order chi connectivity index (χ1) is 14.3. The molecular weight excluding hydrogens is 390 g/mol. The lowest BCUT2D eigenvalue weighted by Crippen LogP contribution is -2.40. The molecule has 1 aromatic heterocycles. The fraction of sp³-hybridized carbons (Fsp3) is 0.500. The maximum Gasteiger partial charge on any atom is 0.105 e. The molecule has 1 aromatic carbocycles. The highest BCUT2D eigenvalue weighted by Gasteiger charge is 2.24. The first-order valence-electron chi connectivity index (χ1n) is 10.7. The standard InChI is InChI=1S/C24H35N5S/c1-16-11-19(17(2)10-18(16)6-8-26-9-7-25)12-23-29-21(15-30-23)20-13-28-22(14-27-20)24(3,4)5/h10-11,13-15,22,26,28H,6-9,12,25H2,1-5H3. The highest BCUT2D eigenvalue weighted by molar-refractivity contribution is 7.09. The molecule has 3 rings (SSSR count). The minimum Gasteiger partial charge on any atom is -0.381 e. The number of aliphatic imine (C=N–C) groups is 1. The molecule has 4 N–H and O–H groups in total. The molecule has 30 heavy (non-hydrogen) atoms. The van der Waals surface area contributed by atoms with Crippen molar-refractivity contribution in [3.63, 3.8) is 0 Å². The molecule has 0 spiro atoms. The number of aromatic nitrogens is 1. The summed E-state index contributed by atoms with van der Waals surface area (Å²) in [4.78, 5) is 9.51. The molecule has 0 amide bonds. The van der Waals surface area contributed by atoms with E-state index >= 15 is 0 Å². The van der Waals surface area contributed by atoms with Crippen molar-refractivity contribution in [1.82, 2.24) is 15.6 Å². The van der Waals surface area contributed by atoms with Gasteiger partial charge in [0.2, 0.25) is 0 Å². The van der Waals surface area contributed by atoms with Gasteiger partial charge in [0.25, 0.3) is 0 Å². The van der Waals surface area contributed by atoms with E-state index in [1.165, 1.54) is 22.3 Å². The molecule has 0 saturated heterocycles. The third-order valence-electron chi connectivity index (χ3n) is 5.54. The second-order valence-electron chi connectivity index (χ2n) is 9.12. The van der Waals surface area contributed by atoms with Gasteiger partial charge in [-0.2, -0.15) is 0 Å². The number of rotatable bonds is 8. The fourth-order valence-electron chi connectivity index (χ4n) is 3.54. The van der Waals surface area contributed by atoms with E-state index in [4.69, 9.17) is 10.7 Å². The van der Waals surface area contributed by atoms with Crippen LogP contribution in [0.2, 0.25) is 0 Å². The molecule has 2 heterocycles. The number of nitrogens with one attached hydrogen (secondary N) is 2. The van der Waals surface area contributed by atoms with Gasteiger partial charge in [0.05, 0.1) is 11.0 Å². The summed E-state index contributed by atoms with van der Waals surface area (Å²) in [5.74, 6) is 0. The number of benzene rings is 1. The Bertz CT molecular complexity index is 920. The van der Waals surface area contributed by atoms with Gasteiger partial charge in [0, 0.05) is 37.3 Å². The van der Waals surface area contributed by atoms with Crippen LogP contribution in [0.25, 0.3) is 5.70 Å². The Morgan fingerprint density at radius 1 is 1.13 bits per heavy atom. The monoisotopic (exact) mass is 425 g/mol. The van der Waals surface area contributed by atoms with Gasteiger partial charge in [-0.1, -0.05) is 32.9 Å². The molecule has 1 aliphatic heterocycles. The van der Waals surface area contributed by atoms with Gasteiger partial charge in [0.1, 0.15) is 11.4 Å². The Morgan fingerprint density at radius 2 is 1.87 bits per heavy atom. The van der Waals surface area contributed by atoms with Gasteiger partial charge in [-0.05, 0) is 54.5 Å². The molecule has 5 nitrogen and oxygen atoms in total. The molecule has 1 unspecified atom stereocenters. The average Bonchev–Trinajstić information content (AvgIpc) is 3.16. The topological polar surface area (TPSA) is 75.3 Å². The molecule has 2 aromatic rings. The van der Waals surface area contributed by atoms with Crippen LogP contribution >= 0.6 is 11.3 Å². The van der Waals surface area contributed by atoms with Crippen molar-refractivity contribution in [1.29, 1.82) is 0 Å². The number of hydrogen-bond acceptors (Lipinski definition) is 6. The zero-order valence-electron chi connectivity index (χ0n) is 18.9. The van der Waals surface area contributed by atoms with Gasteiger partial charge < -0.3 is 16.4 Å². The lowest BCUT2D eigenvalue weighted by molar-refractivity contribution is 0.356. The van der Waals surface area contributed by atoms with E-state index < -0.39 is 0 Å². The lowest BCUT2D eigenvalue weighted by Gasteiger charge is -2.29. The molecule has 0 radical (unpaired) electrons. The summed E-state index contributed by atoms with van der Waals surface area (Å²) in [5, 5.41) is 10.1. The van der Waals surface area contributed by atoms with E-state index in [0.29, 0.717) is 6.54 Å². The molecule has 0 bridgehead atoms. The second-order valence-corrected chi connectivity index (χ2v) is 10.1. The van der Waals surface area contributed by atoms with E-state index in [2.05, 4.69) is 67.8 Å².